The van der Waals surface area contributed by atoms with Gasteiger partial charge in [-0.25, -0.2) is 0 Å². The minimum absolute atomic E-state index is 0.362. The van der Waals surface area contributed by atoms with Crippen LogP contribution in [0.25, 0.3) is 0 Å². The maximum atomic E-state index is 12.2. The van der Waals surface area contributed by atoms with Crippen molar-refractivity contribution in [1.82, 2.24) is 0 Å². The summed E-state index contributed by atoms with van der Waals surface area (Å²) in [6.07, 6.45) is 0.899. The Kier molecular flexibility index (Phi) is 4.84. The number of fused-ring (bicyclic) bond motifs is 1. The van der Waals surface area contributed by atoms with Crippen molar-refractivity contribution in [2.45, 2.75) is 21.1 Å². The molecule has 2 N–H and O–H groups in total. The van der Waals surface area contributed by atoms with Crippen LogP contribution in [0, 0.1) is 0 Å². The number of carbonyl (C=O) groups is 1. The first-order valence-corrected chi connectivity index (χ1v) is 9.20. The van der Waals surface area contributed by atoms with Gasteiger partial charge in [-0.3, -0.25) is 4.79 Å². The molecule has 0 spiro atoms. The first-order valence-electron chi connectivity index (χ1n) is 7.10. The van der Waals surface area contributed by atoms with Crippen molar-refractivity contribution < 1.29 is 14.6 Å². The van der Waals surface area contributed by atoms with Crippen molar-refractivity contribution in [2.75, 3.05) is 18.7 Å². The number of thioether (sulfide) groups is 2. The molecule has 0 aromatic heterocycles. The van der Waals surface area contributed by atoms with E-state index in [1.54, 1.807) is 18.9 Å². The molecular formula is C17H17NO3S2. The summed E-state index contributed by atoms with van der Waals surface area (Å²) in [7, 11) is 1.61. The maximum absolute atomic E-state index is 12.2. The van der Waals surface area contributed by atoms with E-state index in [1.165, 1.54) is 11.8 Å². The number of nitrogens with one attached hydrogen (secondary N) is 1. The molecule has 0 fully saturated rings. The van der Waals surface area contributed by atoms with Crippen LogP contribution >= 0.6 is 23.5 Å². The van der Waals surface area contributed by atoms with Gasteiger partial charge in [-0.15, -0.1) is 23.5 Å². The minimum Gasteiger partial charge on any atom is -0.497 e. The number of hydrogen-bond donors (Lipinski definition) is 2. The van der Waals surface area contributed by atoms with Gasteiger partial charge in [-0.2, -0.15) is 0 Å². The number of carbonyl (C=O) groups excluding carboxylic acids is 1. The lowest BCUT2D eigenvalue weighted by Crippen LogP contribution is -2.30. The molecular weight excluding hydrogens is 330 g/mol. The van der Waals surface area contributed by atoms with Gasteiger partial charge < -0.3 is 15.2 Å². The van der Waals surface area contributed by atoms with Crippen LogP contribution in [0.15, 0.2) is 52.3 Å². The molecule has 23 heavy (non-hydrogen) atoms. The molecule has 0 unspecified atom stereocenters. The van der Waals surface area contributed by atoms with Crippen LogP contribution in [0.3, 0.4) is 0 Å². The molecule has 1 aliphatic heterocycles. The second kappa shape index (κ2) is 6.86. The predicted octanol–water partition coefficient (Wildman–Crippen LogP) is 3.56. The molecule has 1 heterocycles. The Morgan fingerprint density at radius 3 is 2.61 bits per heavy atom. The molecule has 3 rings (SSSR count). The van der Waals surface area contributed by atoms with Crippen molar-refractivity contribution in [3.63, 3.8) is 0 Å². The lowest BCUT2D eigenvalue weighted by Gasteiger charge is -2.19. The second-order valence-corrected chi connectivity index (χ2v) is 7.17. The van der Waals surface area contributed by atoms with E-state index in [9.17, 15) is 9.90 Å². The molecule has 2 aromatic carbocycles. The predicted molar refractivity (Wildman–Crippen MR) is 94.5 cm³/mol. The molecule has 0 bridgehead atoms. The number of anilines is 1. The molecule has 6 heteroatoms. The normalized spacial score (nSPS) is 20.4. The van der Waals surface area contributed by atoms with Gasteiger partial charge in [0.05, 0.1) is 18.0 Å². The molecule has 2 aromatic rings. The number of aliphatic hydroxyl groups excluding tert-OH is 1. The highest BCUT2D eigenvalue weighted by Gasteiger charge is 2.32. The quantitative estimate of drug-likeness (QED) is 0.832. The smallest absolute Gasteiger partial charge is 0.254 e. The highest BCUT2D eigenvalue weighted by Crippen LogP contribution is 2.45. The van der Waals surface area contributed by atoms with Crippen molar-refractivity contribution >= 4 is 35.1 Å². The Bertz CT molecular complexity index is 718. The topological polar surface area (TPSA) is 58.6 Å². The average molecular weight is 347 g/mol. The number of aliphatic hydroxyl groups is 1. The first kappa shape index (κ1) is 16.2. The Labute approximate surface area is 143 Å². The van der Waals surface area contributed by atoms with Gasteiger partial charge in [-0.1, -0.05) is 12.1 Å². The summed E-state index contributed by atoms with van der Waals surface area (Å²) in [4.78, 5) is 14.3. The molecule has 0 radical (unpaired) electrons. The van der Waals surface area contributed by atoms with E-state index in [0.717, 1.165) is 26.8 Å². The van der Waals surface area contributed by atoms with Gasteiger partial charge in [0.2, 0.25) is 0 Å². The molecule has 0 aliphatic carbocycles. The molecule has 4 nitrogen and oxygen atoms in total. The fraction of sp³-hybridized carbons (Fsp3) is 0.235. The Hall–Kier alpha value is -1.63. The van der Waals surface area contributed by atoms with Crippen molar-refractivity contribution in [1.29, 1.82) is 0 Å². The van der Waals surface area contributed by atoms with Gasteiger partial charge in [0, 0.05) is 9.79 Å². The fourth-order valence-electron chi connectivity index (χ4n) is 2.42. The van der Waals surface area contributed by atoms with E-state index in [-0.39, 0.29) is 11.2 Å². The van der Waals surface area contributed by atoms with Crippen LogP contribution in [0.2, 0.25) is 0 Å². The van der Waals surface area contributed by atoms with Gasteiger partial charge >= 0.3 is 0 Å². The third-order valence-electron chi connectivity index (χ3n) is 3.70. The summed E-state index contributed by atoms with van der Waals surface area (Å²) in [5, 5.41) is 12.9. The van der Waals surface area contributed by atoms with E-state index in [0.29, 0.717) is 0 Å². The first-order chi connectivity index (χ1) is 11.1. The highest BCUT2D eigenvalue weighted by molar-refractivity contribution is 8.00. The zero-order chi connectivity index (χ0) is 16.4. The van der Waals surface area contributed by atoms with Gasteiger partial charge in [0.25, 0.3) is 5.91 Å². The van der Waals surface area contributed by atoms with Crippen LogP contribution in [0.1, 0.15) is 10.8 Å². The van der Waals surface area contributed by atoms with Gasteiger partial charge in [0.1, 0.15) is 11.9 Å². The highest BCUT2D eigenvalue weighted by atomic mass is 32.2. The molecule has 0 saturated carbocycles. The largest absolute Gasteiger partial charge is 0.497 e. The summed E-state index contributed by atoms with van der Waals surface area (Å²) >= 11 is 3.15. The summed E-state index contributed by atoms with van der Waals surface area (Å²) in [5.74, 6) is 0.366. The van der Waals surface area contributed by atoms with Crippen LogP contribution in [0.4, 0.5) is 5.69 Å². The second-order valence-electron chi connectivity index (χ2n) is 5.11. The summed E-state index contributed by atoms with van der Waals surface area (Å²) < 4.78 is 5.16. The molecule has 120 valence electrons. The van der Waals surface area contributed by atoms with E-state index in [1.807, 2.05) is 48.7 Å². The lowest BCUT2D eigenvalue weighted by atomic mass is 10.1. The number of rotatable bonds is 3. The van der Waals surface area contributed by atoms with E-state index in [2.05, 4.69) is 5.32 Å². The van der Waals surface area contributed by atoms with Crippen LogP contribution < -0.4 is 10.1 Å². The van der Waals surface area contributed by atoms with Crippen LogP contribution in [-0.2, 0) is 4.79 Å². The van der Waals surface area contributed by atoms with Gasteiger partial charge in [0.15, 0.2) is 0 Å². The SMILES string of the molecule is COc1ccc([C@@H]2Sc3cc(SC)ccc3NC(=O)[C@@H]2O)cc1. The number of hydrogen-bond acceptors (Lipinski definition) is 5. The van der Waals surface area contributed by atoms with Crippen molar-refractivity contribution in [2.24, 2.45) is 0 Å². The van der Waals surface area contributed by atoms with E-state index < -0.39 is 6.10 Å². The Morgan fingerprint density at radius 2 is 1.96 bits per heavy atom. The summed E-state index contributed by atoms with van der Waals surface area (Å²) in [6.45, 7) is 0. The standard InChI is InChI=1S/C17H17NO3S2/c1-21-11-5-3-10(4-6-11)16-15(19)17(20)18-13-8-7-12(22-2)9-14(13)23-16/h3-9,15-16,19H,1-2H3,(H,18,20)/t15-,16+/m1/s1. The minimum atomic E-state index is -1.11. The number of ether oxygens (including phenoxy) is 1. The average Bonchev–Trinajstić information content (AvgIpc) is 2.71. The molecule has 1 amide bonds. The lowest BCUT2D eigenvalue weighted by molar-refractivity contribution is -0.124. The summed E-state index contributed by atoms with van der Waals surface area (Å²) in [6, 6.07) is 13.3. The number of benzene rings is 2. The van der Waals surface area contributed by atoms with Crippen molar-refractivity contribution in [3.05, 3.63) is 48.0 Å². The molecule has 2 atom stereocenters. The zero-order valence-electron chi connectivity index (χ0n) is 12.8. The van der Waals surface area contributed by atoms with Crippen molar-refractivity contribution in [3.8, 4) is 5.75 Å². The van der Waals surface area contributed by atoms with Crippen LogP contribution in [0.5, 0.6) is 5.75 Å². The zero-order valence-corrected chi connectivity index (χ0v) is 14.4. The van der Waals surface area contributed by atoms with Gasteiger partial charge in [-0.05, 0) is 42.2 Å². The number of methoxy groups -OCH3 is 1. The summed E-state index contributed by atoms with van der Waals surface area (Å²) in [5.41, 5.74) is 1.63. The maximum Gasteiger partial charge on any atom is 0.254 e. The van der Waals surface area contributed by atoms with E-state index >= 15 is 0 Å². The third-order valence-corrected chi connectivity index (χ3v) is 5.80. The molecule has 0 saturated heterocycles. The monoisotopic (exact) mass is 347 g/mol. The fourth-order valence-corrected chi connectivity index (χ4v) is 4.19. The Morgan fingerprint density at radius 1 is 1.22 bits per heavy atom. The van der Waals surface area contributed by atoms with Crippen LogP contribution in [-0.4, -0.2) is 30.5 Å². The van der Waals surface area contributed by atoms with E-state index in [4.69, 9.17) is 4.74 Å². The Balaban J connectivity index is 1.99. The third kappa shape index (κ3) is 3.34. The number of amides is 1. The molecule has 1 aliphatic rings.